The van der Waals surface area contributed by atoms with Crippen LogP contribution >= 0.6 is 0 Å². The second kappa shape index (κ2) is 9.05. The number of carbonyl (C=O) groups excluding carboxylic acids is 2. The predicted molar refractivity (Wildman–Crippen MR) is 99.0 cm³/mol. The van der Waals surface area contributed by atoms with Crippen molar-refractivity contribution in [2.75, 3.05) is 25.7 Å². The van der Waals surface area contributed by atoms with Gasteiger partial charge in [-0.2, -0.15) is 0 Å². The number of hydrogen-bond acceptors (Lipinski definition) is 4. The third-order valence-corrected chi connectivity index (χ3v) is 3.89. The van der Waals surface area contributed by atoms with E-state index >= 15 is 0 Å². The van der Waals surface area contributed by atoms with Gasteiger partial charge in [-0.3, -0.25) is 19.7 Å². The van der Waals surface area contributed by atoms with E-state index in [1.807, 2.05) is 26.0 Å². The lowest BCUT2D eigenvalue weighted by Gasteiger charge is -2.15. The zero-order valence-electron chi connectivity index (χ0n) is 15.5. The van der Waals surface area contributed by atoms with Crippen LogP contribution in [0.1, 0.15) is 28.7 Å². The number of rotatable bonds is 8. The number of ether oxygens (including phenoxy) is 2. The van der Waals surface area contributed by atoms with Gasteiger partial charge < -0.3 is 14.8 Å². The third-order valence-electron chi connectivity index (χ3n) is 3.89. The average molecular weight is 359 g/mol. The van der Waals surface area contributed by atoms with Crippen LogP contribution in [-0.2, 0) is 9.53 Å². The highest BCUT2D eigenvalue weighted by atomic mass is 16.5. The Morgan fingerprint density at radius 1 is 1.08 bits per heavy atom. The maximum absolute atomic E-state index is 12.4. The highest BCUT2D eigenvalue weighted by Crippen LogP contribution is 2.15. The number of hydrogen-bond donors (Lipinski definition) is 2. The van der Waals surface area contributed by atoms with Crippen molar-refractivity contribution in [2.24, 2.45) is 0 Å². The molecule has 1 aromatic carbocycles. The second-order valence-corrected chi connectivity index (χ2v) is 5.96. The standard InChI is InChI=1S/C19H25N3O4/c1-13-5-6-14(2)22(13)21-19(24)16-7-9-17(10-8-16)26-15(3)18(23)20-11-12-25-4/h5-10,15H,11-12H2,1-4H3,(H,20,23)(H,21,24)/t15-/m1/s1. The Hall–Kier alpha value is -2.80. The molecule has 2 rings (SSSR count). The van der Waals surface area contributed by atoms with Gasteiger partial charge in [0, 0.05) is 30.6 Å². The fourth-order valence-electron chi connectivity index (χ4n) is 2.37. The van der Waals surface area contributed by atoms with Crippen LogP contribution in [0.4, 0.5) is 0 Å². The van der Waals surface area contributed by atoms with Crippen molar-refractivity contribution in [1.82, 2.24) is 9.99 Å². The number of methoxy groups -OCH3 is 1. The number of amides is 2. The summed E-state index contributed by atoms with van der Waals surface area (Å²) in [6.45, 7) is 6.38. The molecule has 7 nitrogen and oxygen atoms in total. The molecule has 2 amide bonds. The molecule has 0 saturated heterocycles. The van der Waals surface area contributed by atoms with Gasteiger partial charge in [-0.1, -0.05) is 0 Å². The Morgan fingerprint density at radius 3 is 2.27 bits per heavy atom. The molecule has 0 fully saturated rings. The van der Waals surface area contributed by atoms with Crippen LogP contribution in [0.5, 0.6) is 5.75 Å². The van der Waals surface area contributed by atoms with Gasteiger partial charge in [0.1, 0.15) is 5.75 Å². The van der Waals surface area contributed by atoms with Crippen molar-refractivity contribution >= 4 is 11.8 Å². The van der Waals surface area contributed by atoms with E-state index in [9.17, 15) is 9.59 Å². The first-order chi connectivity index (χ1) is 12.4. The summed E-state index contributed by atoms with van der Waals surface area (Å²) in [5, 5.41) is 2.71. The first-order valence-electron chi connectivity index (χ1n) is 8.42. The molecule has 26 heavy (non-hydrogen) atoms. The van der Waals surface area contributed by atoms with Crippen molar-refractivity contribution in [3.63, 3.8) is 0 Å². The van der Waals surface area contributed by atoms with Gasteiger partial charge in [0.05, 0.1) is 6.61 Å². The Balaban J connectivity index is 1.93. The van der Waals surface area contributed by atoms with Crippen LogP contribution in [0.2, 0.25) is 0 Å². The Kier molecular flexibility index (Phi) is 6.80. The average Bonchev–Trinajstić information content (AvgIpc) is 2.94. The first-order valence-corrected chi connectivity index (χ1v) is 8.42. The fourth-order valence-corrected chi connectivity index (χ4v) is 2.37. The number of nitrogens with zero attached hydrogens (tertiary/aromatic N) is 1. The van der Waals surface area contributed by atoms with Crippen molar-refractivity contribution in [3.8, 4) is 5.75 Å². The van der Waals surface area contributed by atoms with E-state index in [2.05, 4.69) is 10.7 Å². The molecule has 140 valence electrons. The highest BCUT2D eigenvalue weighted by Gasteiger charge is 2.14. The van der Waals surface area contributed by atoms with E-state index in [-0.39, 0.29) is 11.8 Å². The molecule has 2 aromatic rings. The lowest BCUT2D eigenvalue weighted by molar-refractivity contribution is -0.127. The molecule has 1 aromatic heterocycles. The Morgan fingerprint density at radius 2 is 1.69 bits per heavy atom. The summed E-state index contributed by atoms with van der Waals surface area (Å²) >= 11 is 0. The quantitative estimate of drug-likeness (QED) is 0.707. The van der Waals surface area contributed by atoms with E-state index in [4.69, 9.17) is 9.47 Å². The zero-order chi connectivity index (χ0) is 19.1. The summed E-state index contributed by atoms with van der Waals surface area (Å²) in [5.41, 5.74) is 5.24. The smallest absolute Gasteiger partial charge is 0.270 e. The molecular weight excluding hydrogens is 334 g/mol. The van der Waals surface area contributed by atoms with Crippen molar-refractivity contribution < 1.29 is 19.1 Å². The van der Waals surface area contributed by atoms with Crippen LogP contribution in [-0.4, -0.2) is 42.9 Å². The van der Waals surface area contributed by atoms with Gasteiger partial charge in [-0.15, -0.1) is 0 Å². The maximum Gasteiger partial charge on any atom is 0.270 e. The SMILES string of the molecule is COCCNC(=O)[C@@H](C)Oc1ccc(C(=O)Nn2c(C)ccc2C)cc1. The minimum Gasteiger partial charge on any atom is -0.481 e. The number of aryl methyl sites for hydroxylation is 2. The van der Waals surface area contributed by atoms with E-state index in [1.165, 1.54) is 0 Å². The van der Waals surface area contributed by atoms with E-state index < -0.39 is 6.10 Å². The summed E-state index contributed by atoms with van der Waals surface area (Å²) in [5.74, 6) is 0.0796. The molecule has 1 atom stereocenters. The Labute approximate surface area is 153 Å². The van der Waals surface area contributed by atoms with Crippen LogP contribution < -0.4 is 15.5 Å². The number of aromatic nitrogens is 1. The minimum atomic E-state index is -0.642. The molecule has 0 aliphatic heterocycles. The molecule has 0 bridgehead atoms. The van der Waals surface area contributed by atoms with Crippen LogP contribution in [0.3, 0.4) is 0 Å². The first kappa shape index (κ1) is 19.5. The van der Waals surface area contributed by atoms with Crippen molar-refractivity contribution in [3.05, 3.63) is 53.3 Å². The summed E-state index contributed by atoms with van der Waals surface area (Å²) in [6.07, 6.45) is -0.642. The van der Waals surface area contributed by atoms with Crippen molar-refractivity contribution in [1.29, 1.82) is 0 Å². The van der Waals surface area contributed by atoms with Gasteiger partial charge in [0.2, 0.25) is 0 Å². The van der Waals surface area contributed by atoms with Gasteiger partial charge in [0.25, 0.3) is 11.8 Å². The zero-order valence-corrected chi connectivity index (χ0v) is 15.5. The fraction of sp³-hybridized carbons (Fsp3) is 0.368. The maximum atomic E-state index is 12.4. The summed E-state index contributed by atoms with van der Waals surface area (Å²) < 4.78 is 12.2. The van der Waals surface area contributed by atoms with Crippen LogP contribution in [0, 0.1) is 13.8 Å². The van der Waals surface area contributed by atoms with E-state index in [1.54, 1.807) is 43.0 Å². The van der Waals surface area contributed by atoms with Crippen LogP contribution in [0.15, 0.2) is 36.4 Å². The normalized spacial score (nSPS) is 11.7. The monoisotopic (exact) mass is 359 g/mol. The van der Waals surface area contributed by atoms with E-state index in [0.717, 1.165) is 11.4 Å². The molecule has 0 aliphatic carbocycles. The van der Waals surface area contributed by atoms with E-state index in [0.29, 0.717) is 24.5 Å². The van der Waals surface area contributed by atoms with Gasteiger partial charge in [-0.05, 0) is 57.2 Å². The van der Waals surface area contributed by atoms with Gasteiger partial charge >= 0.3 is 0 Å². The topological polar surface area (TPSA) is 81.6 Å². The molecule has 0 unspecified atom stereocenters. The third kappa shape index (κ3) is 5.10. The highest BCUT2D eigenvalue weighted by molar-refractivity contribution is 6.00. The number of carbonyl (C=O) groups is 2. The van der Waals surface area contributed by atoms with Crippen LogP contribution in [0.25, 0.3) is 0 Å². The minimum absolute atomic E-state index is 0.218. The molecule has 0 saturated carbocycles. The van der Waals surface area contributed by atoms with Crippen molar-refractivity contribution in [2.45, 2.75) is 26.9 Å². The molecule has 7 heteroatoms. The van der Waals surface area contributed by atoms with Gasteiger partial charge in [0.15, 0.2) is 6.10 Å². The lowest BCUT2D eigenvalue weighted by atomic mass is 10.2. The summed E-state index contributed by atoms with van der Waals surface area (Å²) in [7, 11) is 1.57. The lowest BCUT2D eigenvalue weighted by Crippen LogP contribution is -2.37. The molecule has 1 heterocycles. The largest absolute Gasteiger partial charge is 0.481 e. The number of benzene rings is 1. The second-order valence-electron chi connectivity index (χ2n) is 5.96. The molecule has 0 aliphatic rings. The molecule has 0 radical (unpaired) electrons. The number of nitrogens with one attached hydrogen (secondary N) is 2. The molecule has 2 N–H and O–H groups in total. The predicted octanol–water partition coefficient (Wildman–Crippen LogP) is 2.02. The molecule has 0 spiro atoms. The van der Waals surface area contributed by atoms with Gasteiger partial charge in [-0.25, -0.2) is 0 Å². The summed E-state index contributed by atoms with van der Waals surface area (Å²) in [4.78, 5) is 24.2. The molecular formula is C19H25N3O4. The summed E-state index contributed by atoms with van der Waals surface area (Å²) in [6, 6.07) is 10.5. The Bertz CT molecular complexity index is 733.